The summed E-state index contributed by atoms with van der Waals surface area (Å²) in [7, 11) is 1.78. The molecule has 1 fully saturated rings. The molecule has 3 unspecified atom stereocenters. The van der Waals surface area contributed by atoms with Gasteiger partial charge in [0.15, 0.2) is 0 Å². The van der Waals surface area contributed by atoms with Gasteiger partial charge in [0.2, 0.25) is 0 Å². The van der Waals surface area contributed by atoms with E-state index in [0.29, 0.717) is 17.9 Å². The van der Waals surface area contributed by atoms with Crippen molar-refractivity contribution in [1.29, 1.82) is 0 Å². The highest BCUT2D eigenvalue weighted by atomic mass is 16.5. The van der Waals surface area contributed by atoms with Crippen LogP contribution < -0.4 is 5.32 Å². The summed E-state index contributed by atoms with van der Waals surface area (Å²) < 4.78 is 5.37. The van der Waals surface area contributed by atoms with Crippen LogP contribution in [0.1, 0.15) is 37.8 Å². The van der Waals surface area contributed by atoms with Crippen LogP contribution in [0.2, 0.25) is 0 Å². The van der Waals surface area contributed by atoms with Gasteiger partial charge in [-0.1, -0.05) is 12.1 Å². The van der Waals surface area contributed by atoms with E-state index in [9.17, 15) is 5.11 Å². The maximum atomic E-state index is 9.46. The standard InChI is InChI=1S/C14H21NO2/c1-10(11-4-3-5-13(16)8-11)15-12-6-7-14(9-12)17-2/h3-5,8,10,12,14-16H,6-7,9H2,1-2H3. The lowest BCUT2D eigenvalue weighted by atomic mass is 10.1. The van der Waals surface area contributed by atoms with Gasteiger partial charge in [0.25, 0.3) is 0 Å². The monoisotopic (exact) mass is 235 g/mol. The maximum absolute atomic E-state index is 9.46. The van der Waals surface area contributed by atoms with Crippen molar-refractivity contribution in [3.8, 4) is 5.75 Å². The number of phenolic OH excluding ortho intramolecular Hbond substituents is 1. The zero-order valence-electron chi connectivity index (χ0n) is 10.5. The fraction of sp³-hybridized carbons (Fsp3) is 0.571. The van der Waals surface area contributed by atoms with E-state index in [1.54, 1.807) is 13.2 Å². The van der Waals surface area contributed by atoms with Gasteiger partial charge in [0, 0.05) is 19.2 Å². The minimum Gasteiger partial charge on any atom is -0.508 e. The summed E-state index contributed by atoms with van der Waals surface area (Å²) in [6.45, 7) is 2.13. The zero-order chi connectivity index (χ0) is 12.3. The first-order valence-corrected chi connectivity index (χ1v) is 6.27. The smallest absolute Gasteiger partial charge is 0.115 e. The molecule has 0 amide bonds. The highest BCUT2D eigenvalue weighted by molar-refractivity contribution is 5.29. The molecule has 0 spiro atoms. The first-order chi connectivity index (χ1) is 8.19. The third kappa shape index (κ3) is 3.20. The van der Waals surface area contributed by atoms with Crippen LogP contribution in [0.3, 0.4) is 0 Å². The van der Waals surface area contributed by atoms with E-state index in [0.717, 1.165) is 18.4 Å². The van der Waals surface area contributed by atoms with E-state index < -0.39 is 0 Å². The van der Waals surface area contributed by atoms with E-state index >= 15 is 0 Å². The zero-order valence-corrected chi connectivity index (χ0v) is 10.5. The summed E-state index contributed by atoms with van der Waals surface area (Å²) in [5, 5.41) is 13.1. The highest BCUT2D eigenvalue weighted by Crippen LogP contribution is 2.25. The van der Waals surface area contributed by atoms with Gasteiger partial charge in [-0.3, -0.25) is 0 Å². The average Bonchev–Trinajstić information content (AvgIpc) is 2.77. The SMILES string of the molecule is COC1CCC(NC(C)c2cccc(O)c2)C1. The van der Waals surface area contributed by atoms with E-state index in [4.69, 9.17) is 4.74 Å². The van der Waals surface area contributed by atoms with Crippen LogP contribution in [0.25, 0.3) is 0 Å². The van der Waals surface area contributed by atoms with Crippen molar-refractivity contribution in [2.45, 2.75) is 44.4 Å². The topological polar surface area (TPSA) is 41.5 Å². The van der Waals surface area contributed by atoms with Crippen molar-refractivity contribution in [2.24, 2.45) is 0 Å². The first-order valence-electron chi connectivity index (χ1n) is 6.27. The molecule has 94 valence electrons. The molecule has 3 heteroatoms. The van der Waals surface area contributed by atoms with Gasteiger partial charge in [-0.05, 0) is 43.9 Å². The molecule has 0 bridgehead atoms. The average molecular weight is 235 g/mol. The fourth-order valence-electron chi connectivity index (χ4n) is 2.55. The summed E-state index contributed by atoms with van der Waals surface area (Å²) in [5.41, 5.74) is 1.13. The number of rotatable bonds is 4. The van der Waals surface area contributed by atoms with Crippen LogP contribution in [0.5, 0.6) is 5.75 Å². The molecule has 3 nitrogen and oxygen atoms in total. The first kappa shape index (κ1) is 12.4. The summed E-state index contributed by atoms with van der Waals surface area (Å²) in [6.07, 6.45) is 3.80. The normalized spacial score (nSPS) is 26.0. The predicted molar refractivity (Wildman–Crippen MR) is 68.1 cm³/mol. The Morgan fingerprint density at radius 1 is 1.41 bits per heavy atom. The van der Waals surface area contributed by atoms with E-state index in [-0.39, 0.29) is 6.04 Å². The number of hydrogen-bond donors (Lipinski definition) is 2. The Hall–Kier alpha value is -1.06. The van der Waals surface area contributed by atoms with Crippen molar-refractivity contribution in [3.05, 3.63) is 29.8 Å². The third-order valence-corrected chi connectivity index (χ3v) is 3.57. The van der Waals surface area contributed by atoms with Crippen LogP contribution >= 0.6 is 0 Å². The Bertz CT molecular complexity index is 367. The molecule has 0 saturated heterocycles. The molecule has 2 N–H and O–H groups in total. The maximum Gasteiger partial charge on any atom is 0.115 e. The number of nitrogens with one attached hydrogen (secondary N) is 1. The molecule has 1 aliphatic rings. The Balaban J connectivity index is 1.91. The molecule has 1 saturated carbocycles. The molecule has 0 radical (unpaired) electrons. The largest absolute Gasteiger partial charge is 0.508 e. The molecular weight excluding hydrogens is 214 g/mol. The minimum absolute atomic E-state index is 0.266. The van der Waals surface area contributed by atoms with Gasteiger partial charge in [-0.25, -0.2) is 0 Å². The van der Waals surface area contributed by atoms with E-state index in [2.05, 4.69) is 12.2 Å². The Kier molecular flexibility index (Phi) is 4.02. The van der Waals surface area contributed by atoms with Gasteiger partial charge in [0.1, 0.15) is 5.75 Å². The lowest BCUT2D eigenvalue weighted by Gasteiger charge is -2.20. The molecule has 0 aliphatic heterocycles. The van der Waals surface area contributed by atoms with Crippen LogP contribution in [0.4, 0.5) is 0 Å². The van der Waals surface area contributed by atoms with Crippen molar-refractivity contribution in [1.82, 2.24) is 5.32 Å². The number of phenols is 1. The summed E-state index contributed by atoms with van der Waals surface area (Å²) in [4.78, 5) is 0. The second-order valence-corrected chi connectivity index (χ2v) is 4.85. The third-order valence-electron chi connectivity index (χ3n) is 3.57. The lowest BCUT2D eigenvalue weighted by Crippen LogP contribution is -2.29. The van der Waals surface area contributed by atoms with Gasteiger partial charge in [0.05, 0.1) is 6.10 Å². The molecule has 0 aromatic heterocycles. The minimum atomic E-state index is 0.266. The molecule has 1 aromatic carbocycles. The van der Waals surface area contributed by atoms with E-state index in [1.165, 1.54) is 6.42 Å². The quantitative estimate of drug-likeness (QED) is 0.843. The fourth-order valence-corrected chi connectivity index (χ4v) is 2.55. The number of benzene rings is 1. The van der Waals surface area contributed by atoms with Crippen molar-refractivity contribution in [3.63, 3.8) is 0 Å². The number of aromatic hydroxyl groups is 1. The Morgan fingerprint density at radius 2 is 2.24 bits per heavy atom. The van der Waals surface area contributed by atoms with Gasteiger partial charge < -0.3 is 15.2 Å². The van der Waals surface area contributed by atoms with Gasteiger partial charge >= 0.3 is 0 Å². The van der Waals surface area contributed by atoms with Crippen LogP contribution in [0.15, 0.2) is 24.3 Å². The molecule has 0 heterocycles. The number of hydrogen-bond acceptors (Lipinski definition) is 3. The summed E-state index contributed by atoms with van der Waals surface area (Å²) >= 11 is 0. The second kappa shape index (κ2) is 5.52. The number of ether oxygens (including phenoxy) is 1. The Morgan fingerprint density at radius 3 is 2.88 bits per heavy atom. The highest BCUT2D eigenvalue weighted by Gasteiger charge is 2.25. The van der Waals surface area contributed by atoms with Gasteiger partial charge in [-0.2, -0.15) is 0 Å². The van der Waals surface area contributed by atoms with Crippen LogP contribution in [-0.2, 0) is 4.74 Å². The van der Waals surface area contributed by atoms with E-state index in [1.807, 2.05) is 18.2 Å². The molecule has 3 atom stereocenters. The summed E-state index contributed by atoms with van der Waals surface area (Å²) in [5.74, 6) is 0.331. The molecule has 2 rings (SSSR count). The van der Waals surface area contributed by atoms with Gasteiger partial charge in [-0.15, -0.1) is 0 Å². The van der Waals surface area contributed by atoms with Crippen LogP contribution in [-0.4, -0.2) is 24.4 Å². The molecule has 1 aliphatic carbocycles. The molecule has 1 aromatic rings. The van der Waals surface area contributed by atoms with Crippen molar-refractivity contribution in [2.75, 3.05) is 7.11 Å². The van der Waals surface area contributed by atoms with Crippen LogP contribution in [0, 0.1) is 0 Å². The lowest BCUT2D eigenvalue weighted by molar-refractivity contribution is 0.106. The predicted octanol–water partition coefficient (Wildman–Crippen LogP) is 2.61. The molecular formula is C14H21NO2. The summed E-state index contributed by atoms with van der Waals surface area (Å²) in [6, 6.07) is 8.24. The van der Waals surface area contributed by atoms with Crippen molar-refractivity contribution >= 4 is 0 Å². The Labute approximate surface area is 103 Å². The second-order valence-electron chi connectivity index (χ2n) is 4.85. The number of methoxy groups -OCH3 is 1. The molecule has 17 heavy (non-hydrogen) atoms. The van der Waals surface area contributed by atoms with Crippen molar-refractivity contribution < 1.29 is 9.84 Å².